The van der Waals surface area contributed by atoms with E-state index < -0.39 is 0 Å². The minimum absolute atomic E-state index is 0.0745. The fourth-order valence-electron chi connectivity index (χ4n) is 2.18. The lowest BCUT2D eigenvalue weighted by atomic mass is 10.1. The lowest BCUT2D eigenvalue weighted by Gasteiger charge is -2.06. The van der Waals surface area contributed by atoms with Gasteiger partial charge in [-0.05, 0) is 41.8 Å². The highest BCUT2D eigenvalue weighted by molar-refractivity contribution is 6.01. The molecule has 0 aliphatic heterocycles. The van der Waals surface area contributed by atoms with Crippen LogP contribution in [0.3, 0.4) is 0 Å². The van der Waals surface area contributed by atoms with Gasteiger partial charge in [0.25, 0.3) is 5.91 Å². The predicted octanol–water partition coefficient (Wildman–Crippen LogP) is 3.23. The molecular weight excluding hydrogens is 288 g/mol. The topological polar surface area (TPSA) is 62.1 Å². The van der Waals surface area contributed by atoms with E-state index in [2.05, 4.69) is 5.32 Å². The van der Waals surface area contributed by atoms with Gasteiger partial charge in [-0.2, -0.15) is 5.26 Å². The molecule has 0 fully saturated rings. The Hall–Kier alpha value is -3.06. The van der Waals surface area contributed by atoms with Crippen molar-refractivity contribution < 1.29 is 9.53 Å². The van der Waals surface area contributed by atoms with Crippen LogP contribution in [0.4, 0.5) is 0 Å². The number of methoxy groups -OCH3 is 1. The lowest BCUT2D eigenvalue weighted by molar-refractivity contribution is -0.117. The fraction of sp³-hybridized carbons (Fsp3) is 0.158. The number of amides is 1. The van der Waals surface area contributed by atoms with Crippen molar-refractivity contribution in [2.75, 3.05) is 7.11 Å². The number of carbonyl (C=O) groups excluding carboxylic acids is 1. The number of ether oxygens (including phenoxy) is 1. The Morgan fingerprint density at radius 1 is 1.26 bits per heavy atom. The molecule has 0 unspecified atom stereocenters. The summed E-state index contributed by atoms with van der Waals surface area (Å²) in [7, 11) is 1.61. The predicted molar refractivity (Wildman–Crippen MR) is 89.6 cm³/mol. The van der Waals surface area contributed by atoms with E-state index in [9.17, 15) is 10.1 Å². The smallest absolute Gasteiger partial charge is 0.262 e. The van der Waals surface area contributed by atoms with E-state index in [-0.39, 0.29) is 11.5 Å². The van der Waals surface area contributed by atoms with E-state index in [0.29, 0.717) is 6.54 Å². The molecule has 0 aromatic heterocycles. The molecule has 2 rings (SSSR count). The molecule has 116 valence electrons. The molecule has 0 saturated heterocycles. The molecule has 0 spiro atoms. The quantitative estimate of drug-likeness (QED) is 0.681. The Balaban J connectivity index is 2.10. The Morgan fingerprint density at radius 2 is 2.00 bits per heavy atom. The molecule has 4 nitrogen and oxygen atoms in total. The van der Waals surface area contributed by atoms with E-state index in [1.165, 1.54) is 0 Å². The van der Waals surface area contributed by atoms with Gasteiger partial charge in [0, 0.05) is 6.54 Å². The third kappa shape index (κ3) is 4.45. The third-order valence-electron chi connectivity index (χ3n) is 3.39. The van der Waals surface area contributed by atoms with E-state index in [1.54, 1.807) is 13.2 Å². The van der Waals surface area contributed by atoms with Gasteiger partial charge in [0.2, 0.25) is 0 Å². The summed E-state index contributed by atoms with van der Waals surface area (Å²) < 4.78 is 5.20. The Bertz CT molecular complexity index is 759. The third-order valence-corrected chi connectivity index (χ3v) is 3.39. The molecule has 0 saturated carbocycles. The van der Waals surface area contributed by atoms with Crippen LogP contribution in [0.1, 0.15) is 16.7 Å². The molecular formula is C19H18N2O2. The largest absolute Gasteiger partial charge is 0.496 e. The van der Waals surface area contributed by atoms with E-state index in [0.717, 1.165) is 22.4 Å². The van der Waals surface area contributed by atoms with Crippen LogP contribution in [0.5, 0.6) is 5.75 Å². The van der Waals surface area contributed by atoms with Crippen LogP contribution in [-0.2, 0) is 11.3 Å². The van der Waals surface area contributed by atoms with Crippen LogP contribution in [0.15, 0.2) is 54.1 Å². The first-order valence-corrected chi connectivity index (χ1v) is 7.22. The summed E-state index contributed by atoms with van der Waals surface area (Å²) in [4.78, 5) is 12.1. The summed E-state index contributed by atoms with van der Waals surface area (Å²) >= 11 is 0. The van der Waals surface area contributed by atoms with Crippen molar-refractivity contribution in [1.82, 2.24) is 5.32 Å². The number of rotatable bonds is 5. The van der Waals surface area contributed by atoms with Crippen molar-refractivity contribution in [3.63, 3.8) is 0 Å². The number of nitriles is 1. The molecule has 0 atom stereocenters. The highest BCUT2D eigenvalue weighted by atomic mass is 16.5. The average molecular weight is 306 g/mol. The number of hydrogen-bond acceptors (Lipinski definition) is 3. The van der Waals surface area contributed by atoms with Gasteiger partial charge in [0.1, 0.15) is 17.4 Å². The van der Waals surface area contributed by atoms with Gasteiger partial charge in [-0.1, -0.05) is 36.4 Å². The van der Waals surface area contributed by atoms with E-state index in [1.807, 2.05) is 61.5 Å². The highest BCUT2D eigenvalue weighted by Crippen LogP contribution is 2.20. The number of benzene rings is 2. The van der Waals surface area contributed by atoms with Crippen LogP contribution in [-0.4, -0.2) is 13.0 Å². The second-order valence-electron chi connectivity index (χ2n) is 5.07. The maximum absolute atomic E-state index is 12.1. The number of aryl methyl sites for hydroxylation is 1. The summed E-state index contributed by atoms with van der Waals surface area (Å²) in [6.45, 7) is 2.30. The van der Waals surface area contributed by atoms with Crippen LogP contribution in [0.25, 0.3) is 6.08 Å². The van der Waals surface area contributed by atoms with Crippen LogP contribution in [0.2, 0.25) is 0 Å². The first-order valence-electron chi connectivity index (χ1n) is 7.22. The van der Waals surface area contributed by atoms with Gasteiger partial charge in [0.05, 0.1) is 7.11 Å². The van der Waals surface area contributed by atoms with Gasteiger partial charge in [-0.25, -0.2) is 0 Å². The second kappa shape index (κ2) is 7.81. The SMILES string of the molecule is COc1ccc(/C=C(/C#N)C(=O)NCc2ccccc2)cc1C. The summed E-state index contributed by atoms with van der Waals surface area (Å²) in [5.41, 5.74) is 2.79. The minimum atomic E-state index is -0.384. The maximum atomic E-state index is 12.1. The molecule has 0 radical (unpaired) electrons. The van der Waals surface area contributed by atoms with Crippen LogP contribution < -0.4 is 10.1 Å². The molecule has 1 N–H and O–H groups in total. The summed E-state index contributed by atoms with van der Waals surface area (Å²) in [5.74, 6) is 0.388. The number of carbonyl (C=O) groups is 1. The highest BCUT2D eigenvalue weighted by Gasteiger charge is 2.09. The van der Waals surface area contributed by atoms with Crippen molar-refractivity contribution in [2.24, 2.45) is 0 Å². The van der Waals surface area contributed by atoms with Gasteiger partial charge in [0.15, 0.2) is 0 Å². The van der Waals surface area contributed by atoms with Crippen LogP contribution in [0, 0.1) is 18.3 Å². The normalized spacial score (nSPS) is 10.7. The van der Waals surface area contributed by atoms with Gasteiger partial charge >= 0.3 is 0 Å². The van der Waals surface area contributed by atoms with E-state index >= 15 is 0 Å². The van der Waals surface area contributed by atoms with Gasteiger partial charge in [-0.3, -0.25) is 4.79 Å². The van der Waals surface area contributed by atoms with Crippen molar-refractivity contribution in [1.29, 1.82) is 5.26 Å². The molecule has 2 aromatic rings. The number of hydrogen-bond donors (Lipinski definition) is 1. The summed E-state index contributed by atoms with van der Waals surface area (Å²) in [6.07, 6.45) is 1.58. The fourth-order valence-corrected chi connectivity index (χ4v) is 2.18. The minimum Gasteiger partial charge on any atom is -0.496 e. The first-order chi connectivity index (χ1) is 11.1. The first kappa shape index (κ1) is 16.3. The van der Waals surface area contributed by atoms with E-state index in [4.69, 9.17) is 4.74 Å². The molecule has 2 aromatic carbocycles. The number of nitrogens with one attached hydrogen (secondary N) is 1. The monoisotopic (exact) mass is 306 g/mol. The number of nitrogens with zero attached hydrogens (tertiary/aromatic N) is 1. The molecule has 4 heteroatoms. The summed E-state index contributed by atoms with van der Waals surface area (Å²) in [6, 6.07) is 17.0. The zero-order valence-corrected chi connectivity index (χ0v) is 13.2. The lowest BCUT2D eigenvalue weighted by Crippen LogP contribution is -2.23. The molecule has 0 bridgehead atoms. The molecule has 1 amide bonds. The van der Waals surface area contributed by atoms with Gasteiger partial charge in [-0.15, -0.1) is 0 Å². The molecule has 0 aliphatic rings. The van der Waals surface area contributed by atoms with Gasteiger partial charge < -0.3 is 10.1 Å². The zero-order chi connectivity index (χ0) is 16.7. The Kier molecular flexibility index (Phi) is 5.54. The molecule has 23 heavy (non-hydrogen) atoms. The van der Waals surface area contributed by atoms with Crippen molar-refractivity contribution in [3.8, 4) is 11.8 Å². The summed E-state index contributed by atoms with van der Waals surface area (Å²) in [5, 5.41) is 12.0. The Morgan fingerprint density at radius 3 is 2.61 bits per heavy atom. The van der Waals surface area contributed by atoms with Crippen molar-refractivity contribution >= 4 is 12.0 Å². The van der Waals surface area contributed by atoms with Crippen molar-refractivity contribution in [2.45, 2.75) is 13.5 Å². The standard InChI is InChI=1S/C19H18N2O2/c1-14-10-16(8-9-18(14)23-2)11-17(12-20)19(22)21-13-15-6-4-3-5-7-15/h3-11H,13H2,1-2H3,(H,21,22)/b17-11-. The Labute approximate surface area is 136 Å². The van der Waals surface area contributed by atoms with Crippen LogP contribution >= 0.6 is 0 Å². The zero-order valence-electron chi connectivity index (χ0n) is 13.2. The second-order valence-corrected chi connectivity index (χ2v) is 5.07. The maximum Gasteiger partial charge on any atom is 0.262 e. The van der Waals surface area contributed by atoms with Crippen molar-refractivity contribution in [3.05, 3.63) is 70.8 Å². The average Bonchev–Trinajstić information content (AvgIpc) is 2.58. The molecule has 0 aliphatic carbocycles. The molecule has 0 heterocycles.